The average molecular weight is 248 g/mol. The fourth-order valence-electron chi connectivity index (χ4n) is 1.47. The molecule has 1 nitrogen and oxygen atoms in total. The van der Waals surface area contributed by atoms with Crippen LogP contribution >= 0.6 is 0 Å². The summed E-state index contributed by atoms with van der Waals surface area (Å²) in [4.78, 5) is 11.3. The molecule has 1 aromatic carbocycles. The molecule has 0 N–H and O–H groups in total. The zero-order valence-electron chi connectivity index (χ0n) is 9.27. The Hall–Kier alpha value is -1.39. The lowest BCUT2D eigenvalue weighted by Gasteiger charge is -2.09. The van der Waals surface area contributed by atoms with Gasteiger partial charge in [0.05, 0.1) is 5.56 Å². The van der Waals surface area contributed by atoms with Crippen molar-refractivity contribution in [1.29, 1.82) is 0 Å². The fourth-order valence-corrected chi connectivity index (χ4v) is 1.47. The Morgan fingerprint density at radius 1 is 1.29 bits per heavy atom. The van der Waals surface area contributed by atoms with Gasteiger partial charge in [0.15, 0.2) is 0 Å². The molecule has 1 aromatic rings. The Kier molecular flexibility index (Phi) is 4.26. The van der Waals surface area contributed by atoms with E-state index in [9.17, 15) is 22.4 Å². The average Bonchev–Trinajstić information content (AvgIpc) is 2.20. The first-order valence-corrected chi connectivity index (χ1v) is 5.22. The van der Waals surface area contributed by atoms with Crippen molar-refractivity contribution >= 4 is 5.78 Å². The summed E-state index contributed by atoms with van der Waals surface area (Å²) in [5.74, 6) is -1.03. The van der Waals surface area contributed by atoms with Gasteiger partial charge in [0.1, 0.15) is 11.6 Å². The van der Waals surface area contributed by atoms with Crippen LogP contribution in [0.3, 0.4) is 0 Å². The van der Waals surface area contributed by atoms with Crippen LogP contribution in [-0.2, 0) is 17.4 Å². The Labute approximate surface area is 96.4 Å². The normalized spacial score (nSPS) is 11.6. The van der Waals surface area contributed by atoms with E-state index in [1.54, 1.807) is 6.92 Å². The van der Waals surface area contributed by atoms with Gasteiger partial charge in [-0.25, -0.2) is 4.39 Å². The number of rotatable bonds is 4. The van der Waals surface area contributed by atoms with Crippen LogP contribution in [0.15, 0.2) is 18.2 Å². The summed E-state index contributed by atoms with van der Waals surface area (Å²) in [5.41, 5.74) is -1.13. The van der Waals surface area contributed by atoms with Crippen LogP contribution < -0.4 is 0 Å². The van der Waals surface area contributed by atoms with Crippen molar-refractivity contribution in [1.82, 2.24) is 0 Å². The molecular weight excluding hydrogens is 236 g/mol. The molecule has 0 unspecified atom stereocenters. The monoisotopic (exact) mass is 248 g/mol. The smallest absolute Gasteiger partial charge is 0.299 e. The molecule has 0 aliphatic carbocycles. The van der Waals surface area contributed by atoms with E-state index < -0.39 is 17.6 Å². The highest BCUT2D eigenvalue weighted by Crippen LogP contribution is 2.30. The molecule has 1 rings (SSSR count). The molecule has 17 heavy (non-hydrogen) atoms. The summed E-state index contributed by atoms with van der Waals surface area (Å²) in [6, 6.07) is 2.11. The number of halogens is 4. The largest absolute Gasteiger partial charge is 0.416 e. The minimum absolute atomic E-state index is 0.196. The zero-order chi connectivity index (χ0) is 13.1. The molecule has 0 spiro atoms. The van der Waals surface area contributed by atoms with Gasteiger partial charge in [-0.1, -0.05) is 6.92 Å². The van der Waals surface area contributed by atoms with Crippen LogP contribution in [0.2, 0.25) is 0 Å². The van der Waals surface area contributed by atoms with Crippen molar-refractivity contribution in [3.8, 4) is 0 Å². The van der Waals surface area contributed by atoms with Crippen molar-refractivity contribution < 1.29 is 22.4 Å². The van der Waals surface area contributed by atoms with E-state index in [-0.39, 0.29) is 24.2 Å². The molecule has 0 fully saturated rings. The van der Waals surface area contributed by atoms with Gasteiger partial charge >= 0.3 is 6.18 Å². The standard InChI is InChI=1S/C12H12F4O/c1-2-3-10(17)7-8-6-9(12(14,15)16)4-5-11(8)13/h4-6H,2-3,7H2,1H3. The molecule has 0 aliphatic rings. The molecule has 0 radical (unpaired) electrons. The number of benzene rings is 1. The Bertz CT molecular complexity index is 409. The third-order valence-corrected chi connectivity index (χ3v) is 2.29. The third kappa shape index (κ3) is 3.84. The van der Waals surface area contributed by atoms with Gasteiger partial charge in [0, 0.05) is 12.8 Å². The number of alkyl halides is 3. The molecule has 0 bridgehead atoms. The highest BCUT2D eigenvalue weighted by Gasteiger charge is 2.31. The van der Waals surface area contributed by atoms with Gasteiger partial charge in [-0.2, -0.15) is 13.2 Å². The van der Waals surface area contributed by atoms with Gasteiger partial charge in [-0.15, -0.1) is 0 Å². The third-order valence-electron chi connectivity index (χ3n) is 2.29. The number of hydrogen-bond acceptors (Lipinski definition) is 1. The van der Waals surface area contributed by atoms with Crippen molar-refractivity contribution in [2.45, 2.75) is 32.4 Å². The van der Waals surface area contributed by atoms with Crippen LogP contribution in [-0.4, -0.2) is 5.78 Å². The van der Waals surface area contributed by atoms with Gasteiger partial charge in [-0.05, 0) is 30.2 Å². The molecule has 0 atom stereocenters. The molecule has 0 aliphatic heterocycles. The van der Waals surface area contributed by atoms with Crippen molar-refractivity contribution in [3.05, 3.63) is 35.1 Å². The summed E-state index contributed by atoms with van der Waals surface area (Å²) >= 11 is 0. The van der Waals surface area contributed by atoms with Crippen LogP contribution in [0.25, 0.3) is 0 Å². The summed E-state index contributed by atoms with van der Waals surface area (Å²) < 4.78 is 50.4. The highest BCUT2D eigenvalue weighted by atomic mass is 19.4. The van der Waals surface area contributed by atoms with Crippen LogP contribution in [0.4, 0.5) is 17.6 Å². The predicted molar refractivity (Wildman–Crippen MR) is 55.0 cm³/mol. The second-order valence-electron chi connectivity index (χ2n) is 3.77. The molecule has 5 heteroatoms. The maximum Gasteiger partial charge on any atom is 0.416 e. The first kappa shape index (κ1) is 13.7. The van der Waals surface area contributed by atoms with Crippen molar-refractivity contribution in [2.75, 3.05) is 0 Å². The second-order valence-corrected chi connectivity index (χ2v) is 3.77. The highest BCUT2D eigenvalue weighted by molar-refractivity contribution is 5.80. The van der Waals surface area contributed by atoms with Gasteiger partial charge < -0.3 is 0 Å². The number of hydrogen-bond donors (Lipinski definition) is 0. The number of Topliss-reactive ketones (excluding diaryl/α,β-unsaturated/α-hetero) is 1. The lowest BCUT2D eigenvalue weighted by Crippen LogP contribution is -2.09. The number of carbonyl (C=O) groups excluding carboxylic acids is 1. The molecular formula is C12H12F4O. The summed E-state index contributed by atoms with van der Waals surface area (Å²) in [6.07, 6.45) is -3.96. The Morgan fingerprint density at radius 2 is 1.94 bits per heavy atom. The lowest BCUT2D eigenvalue weighted by atomic mass is 10.0. The number of ketones is 1. The zero-order valence-corrected chi connectivity index (χ0v) is 9.27. The van der Waals surface area contributed by atoms with Gasteiger partial charge in [0.25, 0.3) is 0 Å². The SMILES string of the molecule is CCCC(=O)Cc1cc(C(F)(F)F)ccc1F. The van der Waals surface area contributed by atoms with E-state index in [0.29, 0.717) is 18.6 Å². The molecule has 94 valence electrons. The van der Waals surface area contributed by atoms with E-state index in [1.807, 2.05) is 0 Å². The van der Waals surface area contributed by atoms with E-state index in [4.69, 9.17) is 0 Å². The maximum absolute atomic E-state index is 13.2. The summed E-state index contributed by atoms with van der Waals surface area (Å²) in [6.45, 7) is 1.78. The minimum atomic E-state index is -4.52. The second kappa shape index (κ2) is 5.29. The molecule has 0 heterocycles. The van der Waals surface area contributed by atoms with Crippen molar-refractivity contribution in [3.63, 3.8) is 0 Å². The van der Waals surface area contributed by atoms with E-state index >= 15 is 0 Å². The molecule has 0 saturated heterocycles. The predicted octanol–water partition coefficient (Wildman–Crippen LogP) is 3.76. The maximum atomic E-state index is 13.2. The molecule has 0 aromatic heterocycles. The van der Waals surface area contributed by atoms with Crippen molar-refractivity contribution in [2.24, 2.45) is 0 Å². The van der Waals surface area contributed by atoms with Crippen LogP contribution in [0, 0.1) is 5.82 Å². The molecule has 0 amide bonds. The van der Waals surface area contributed by atoms with Crippen LogP contribution in [0.1, 0.15) is 30.9 Å². The Balaban J connectivity index is 2.95. The van der Waals surface area contributed by atoms with Crippen LogP contribution in [0.5, 0.6) is 0 Å². The number of carbonyl (C=O) groups is 1. The fraction of sp³-hybridized carbons (Fsp3) is 0.417. The van der Waals surface area contributed by atoms with E-state index in [0.717, 1.165) is 6.07 Å². The van der Waals surface area contributed by atoms with E-state index in [2.05, 4.69) is 0 Å². The first-order valence-electron chi connectivity index (χ1n) is 5.22. The molecule has 0 saturated carbocycles. The Morgan fingerprint density at radius 3 is 2.47 bits per heavy atom. The van der Waals surface area contributed by atoms with Gasteiger partial charge in [-0.3, -0.25) is 4.79 Å². The topological polar surface area (TPSA) is 17.1 Å². The summed E-state index contributed by atoms with van der Waals surface area (Å²) in [5, 5.41) is 0. The quantitative estimate of drug-likeness (QED) is 0.741. The first-order chi connectivity index (χ1) is 7.84. The minimum Gasteiger partial charge on any atom is -0.299 e. The van der Waals surface area contributed by atoms with Gasteiger partial charge in [0.2, 0.25) is 0 Å². The summed E-state index contributed by atoms with van der Waals surface area (Å²) in [7, 11) is 0. The van der Waals surface area contributed by atoms with E-state index in [1.165, 1.54) is 0 Å². The lowest BCUT2D eigenvalue weighted by molar-refractivity contribution is -0.137.